The second kappa shape index (κ2) is 7.01. The molecule has 2 N–H and O–H groups in total. The Hall–Kier alpha value is -1.74. The minimum atomic E-state index is -3.83. The van der Waals surface area contributed by atoms with Crippen molar-refractivity contribution in [2.75, 3.05) is 20.3 Å². The first-order valence-electron chi connectivity index (χ1n) is 6.25. The monoisotopic (exact) mass is 343 g/mol. The first-order chi connectivity index (χ1) is 10.5. The van der Waals surface area contributed by atoms with Gasteiger partial charge in [-0.1, -0.05) is 11.6 Å². The predicted molar refractivity (Wildman–Crippen MR) is 81.3 cm³/mol. The van der Waals surface area contributed by atoms with Gasteiger partial charge in [0.1, 0.15) is 16.3 Å². The molecule has 22 heavy (non-hydrogen) atoms. The number of hydrogen-bond donors (Lipinski definition) is 2. The number of halogens is 1. The number of nitrogens with one attached hydrogen (secondary N) is 1. The Labute approximate surface area is 133 Å². The molecular formula is C13H14ClN3O4S. The topological polar surface area (TPSA) is 101 Å². The van der Waals surface area contributed by atoms with E-state index in [2.05, 4.69) is 14.7 Å². The van der Waals surface area contributed by atoms with Crippen LogP contribution in [0.25, 0.3) is 11.3 Å². The molecule has 0 spiro atoms. The van der Waals surface area contributed by atoms with Gasteiger partial charge in [0, 0.05) is 24.5 Å². The van der Waals surface area contributed by atoms with Crippen LogP contribution in [0.15, 0.2) is 35.5 Å². The second-order valence-electron chi connectivity index (χ2n) is 4.18. The van der Waals surface area contributed by atoms with Gasteiger partial charge in [-0.3, -0.25) is 4.98 Å². The van der Waals surface area contributed by atoms with E-state index >= 15 is 0 Å². The van der Waals surface area contributed by atoms with Gasteiger partial charge in [-0.2, -0.15) is 0 Å². The van der Waals surface area contributed by atoms with Crippen LogP contribution in [0.2, 0.25) is 5.15 Å². The van der Waals surface area contributed by atoms with Crippen LogP contribution in [0.1, 0.15) is 0 Å². The van der Waals surface area contributed by atoms with E-state index in [9.17, 15) is 8.42 Å². The first-order valence-corrected chi connectivity index (χ1v) is 8.11. The zero-order chi connectivity index (χ0) is 16.2. The SMILES string of the molecule is COc1ccc(-c2nccnc2Cl)cc1S(=O)(=O)NCCO. The highest BCUT2D eigenvalue weighted by Gasteiger charge is 2.21. The molecule has 118 valence electrons. The maximum Gasteiger partial charge on any atom is 0.244 e. The molecule has 7 nitrogen and oxygen atoms in total. The van der Waals surface area contributed by atoms with Gasteiger partial charge in [-0.15, -0.1) is 0 Å². The number of aliphatic hydroxyl groups excluding tert-OH is 1. The number of sulfonamides is 1. The number of aliphatic hydroxyl groups is 1. The lowest BCUT2D eigenvalue weighted by Gasteiger charge is -2.12. The Morgan fingerprint density at radius 2 is 2.05 bits per heavy atom. The molecule has 2 aromatic rings. The molecule has 0 aliphatic carbocycles. The van der Waals surface area contributed by atoms with Gasteiger partial charge in [-0.25, -0.2) is 18.1 Å². The normalized spacial score (nSPS) is 11.4. The summed E-state index contributed by atoms with van der Waals surface area (Å²) in [5.74, 6) is 0.175. The minimum Gasteiger partial charge on any atom is -0.495 e. The van der Waals surface area contributed by atoms with Gasteiger partial charge in [0.15, 0.2) is 5.15 Å². The Balaban J connectivity index is 2.54. The van der Waals surface area contributed by atoms with Gasteiger partial charge in [-0.05, 0) is 18.2 Å². The molecule has 9 heteroatoms. The highest BCUT2D eigenvalue weighted by Crippen LogP contribution is 2.31. The highest BCUT2D eigenvalue weighted by atomic mass is 35.5. The lowest BCUT2D eigenvalue weighted by Crippen LogP contribution is -2.27. The summed E-state index contributed by atoms with van der Waals surface area (Å²) in [6.45, 7) is -0.404. The van der Waals surface area contributed by atoms with E-state index < -0.39 is 10.0 Å². The van der Waals surface area contributed by atoms with E-state index in [0.717, 1.165) is 0 Å². The molecular weight excluding hydrogens is 330 g/mol. The van der Waals surface area contributed by atoms with Crippen molar-refractivity contribution in [3.8, 4) is 17.0 Å². The van der Waals surface area contributed by atoms with Gasteiger partial charge < -0.3 is 9.84 Å². The molecule has 0 unspecified atom stereocenters. The molecule has 0 fully saturated rings. The molecule has 0 aliphatic heterocycles. The van der Waals surface area contributed by atoms with Crippen molar-refractivity contribution >= 4 is 21.6 Å². The van der Waals surface area contributed by atoms with Crippen molar-refractivity contribution in [3.05, 3.63) is 35.7 Å². The quantitative estimate of drug-likeness (QED) is 0.813. The van der Waals surface area contributed by atoms with E-state index in [1.165, 1.54) is 31.6 Å². The summed E-state index contributed by atoms with van der Waals surface area (Å²) >= 11 is 5.98. The van der Waals surface area contributed by atoms with Crippen LogP contribution in [-0.4, -0.2) is 43.8 Å². The molecule has 1 aromatic heterocycles. The number of hydrogen-bond acceptors (Lipinski definition) is 6. The first kappa shape index (κ1) is 16.6. The molecule has 0 bridgehead atoms. The van der Waals surface area contributed by atoms with Gasteiger partial charge >= 0.3 is 0 Å². The summed E-state index contributed by atoms with van der Waals surface area (Å²) in [6.07, 6.45) is 2.90. The fourth-order valence-corrected chi connectivity index (χ4v) is 3.23. The lowest BCUT2D eigenvalue weighted by molar-refractivity contribution is 0.301. The van der Waals surface area contributed by atoms with Crippen molar-refractivity contribution < 1.29 is 18.3 Å². The summed E-state index contributed by atoms with van der Waals surface area (Å²) in [7, 11) is -2.46. The van der Waals surface area contributed by atoms with Crippen LogP contribution in [0.3, 0.4) is 0 Å². The summed E-state index contributed by atoms with van der Waals surface area (Å²) in [5.41, 5.74) is 0.855. The van der Waals surface area contributed by atoms with Crippen molar-refractivity contribution in [1.29, 1.82) is 0 Å². The van der Waals surface area contributed by atoms with Crippen LogP contribution < -0.4 is 9.46 Å². The fourth-order valence-electron chi connectivity index (χ4n) is 1.81. The second-order valence-corrected chi connectivity index (χ2v) is 6.28. The Morgan fingerprint density at radius 1 is 1.32 bits per heavy atom. The van der Waals surface area contributed by atoms with Gasteiger partial charge in [0.25, 0.3) is 0 Å². The van der Waals surface area contributed by atoms with E-state index in [-0.39, 0.29) is 28.9 Å². The number of methoxy groups -OCH3 is 1. The summed E-state index contributed by atoms with van der Waals surface area (Å²) in [4.78, 5) is 7.94. The average Bonchev–Trinajstić information content (AvgIpc) is 2.53. The average molecular weight is 344 g/mol. The molecule has 1 aromatic carbocycles. The summed E-state index contributed by atoms with van der Waals surface area (Å²) in [6, 6.07) is 4.54. The number of nitrogens with zero attached hydrogens (tertiary/aromatic N) is 2. The molecule has 0 saturated carbocycles. The molecule has 2 rings (SSSR count). The third-order valence-electron chi connectivity index (χ3n) is 2.78. The lowest BCUT2D eigenvalue weighted by atomic mass is 10.1. The van der Waals surface area contributed by atoms with E-state index in [1.807, 2.05) is 0 Å². The summed E-state index contributed by atoms with van der Waals surface area (Å²) in [5, 5.41) is 8.94. The zero-order valence-corrected chi connectivity index (χ0v) is 13.2. The van der Waals surface area contributed by atoms with Crippen molar-refractivity contribution in [2.24, 2.45) is 0 Å². The predicted octanol–water partition coefficient (Wildman–Crippen LogP) is 1.08. The third-order valence-corrected chi connectivity index (χ3v) is 4.54. The third kappa shape index (κ3) is 3.53. The number of benzene rings is 1. The molecule has 1 heterocycles. The largest absolute Gasteiger partial charge is 0.495 e. The van der Waals surface area contributed by atoms with Crippen molar-refractivity contribution in [3.63, 3.8) is 0 Å². The van der Waals surface area contributed by atoms with Crippen molar-refractivity contribution in [1.82, 2.24) is 14.7 Å². The number of aromatic nitrogens is 2. The standard InChI is InChI=1S/C13H14ClN3O4S/c1-21-10-3-2-9(12-13(14)16-5-4-15-12)8-11(10)22(19,20)17-6-7-18/h2-5,8,17-18H,6-7H2,1H3. The van der Waals surface area contributed by atoms with Gasteiger partial charge in [0.2, 0.25) is 10.0 Å². The maximum atomic E-state index is 12.3. The van der Waals surface area contributed by atoms with E-state index in [0.29, 0.717) is 11.3 Å². The molecule has 0 radical (unpaired) electrons. The van der Waals surface area contributed by atoms with E-state index in [4.69, 9.17) is 21.4 Å². The number of rotatable bonds is 6. The van der Waals surface area contributed by atoms with Gasteiger partial charge in [0.05, 0.1) is 13.7 Å². The van der Waals surface area contributed by atoms with Crippen LogP contribution in [0, 0.1) is 0 Å². The molecule has 0 amide bonds. The highest BCUT2D eigenvalue weighted by molar-refractivity contribution is 7.89. The summed E-state index contributed by atoms with van der Waals surface area (Å²) < 4.78 is 31.9. The minimum absolute atomic E-state index is 0.0670. The van der Waals surface area contributed by atoms with E-state index in [1.54, 1.807) is 6.07 Å². The molecule has 0 saturated heterocycles. The smallest absolute Gasteiger partial charge is 0.244 e. The fraction of sp³-hybridized carbons (Fsp3) is 0.231. The van der Waals surface area contributed by atoms with Crippen LogP contribution in [0.4, 0.5) is 0 Å². The Bertz CT molecular complexity index is 768. The van der Waals surface area contributed by atoms with Crippen LogP contribution >= 0.6 is 11.6 Å². The zero-order valence-electron chi connectivity index (χ0n) is 11.7. The Morgan fingerprint density at radius 3 is 2.68 bits per heavy atom. The molecule has 0 aliphatic rings. The van der Waals surface area contributed by atoms with Crippen LogP contribution in [-0.2, 0) is 10.0 Å². The Kier molecular flexibility index (Phi) is 5.30. The maximum absolute atomic E-state index is 12.3. The van der Waals surface area contributed by atoms with Crippen molar-refractivity contribution in [2.45, 2.75) is 4.90 Å². The molecule has 0 atom stereocenters. The number of ether oxygens (including phenoxy) is 1. The van der Waals surface area contributed by atoms with Crippen LogP contribution in [0.5, 0.6) is 5.75 Å².